The zero-order valence-corrected chi connectivity index (χ0v) is 18.7. The van der Waals surface area contributed by atoms with Gasteiger partial charge >= 0.3 is 12.1 Å². The molecule has 1 fully saturated rings. The average molecular weight is 466 g/mol. The van der Waals surface area contributed by atoms with Crippen molar-refractivity contribution in [2.24, 2.45) is 5.92 Å². The molecule has 1 aliphatic heterocycles. The van der Waals surface area contributed by atoms with Crippen molar-refractivity contribution in [3.8, 4) is 11.1 Å². The molecular formula is C25H27N3O6. The first-order chi connectivity index (χ1) is 16.4. The molecule has 1 heterocycles. The number of carbonyl (C=O) groups excluding carboxylic acids is 3. The van der Waals surface area contributed by atoms with Crippen molar-refractivity contribution >= 4 is 23.9 Å². The van der Waals surface area contributed by atoms with Crippen LogP contribution < -0.4 is 10.6 Å². The number of carboxylic acid groups (broad SMARTS) is 1. The Morgan fingerprint density at radius 1 is 0.941 bits per heavy atom. The van der Waals surface area contributed by atoms with Gasteiger partial charge in [-0.05, 0) is 35.1 Å². The molecule has 3 N–H and O–H groups in total. The molecule has 9 heteroatoms. The summed E-state index contributed by atoms with van der Waals surface area (Å²) in [6.45, 7) is 0.164. The lowest BCUT2D eigenvalue weighted by Gasteiger charge is -2.30. The summed E-state index contributed by atoms with van der Waals surface area (Å²) in [6, 6.07) is 16.0. The minimum Gasteiger partial charge on any atom is -0.481 e. The zero-order chi connectivity index (χ0) is 24.1. The number of alkyl carbamates (subject to hydrolysis) is 1. The highest BCUT2D eigenvalue weighted by molar-refractivity contribution is 5.87. The number of piperidine rings is 1. The minimum atomic E-state index is -0.922. The first-order valence-electron chi connectivity index (χ1n) is 11.3. The second-order valence-corrected chi connectivity index (χ2v) is 8.47. The number of rotatable bonds is 7. The smallest absolute Gasteiger partial charge is 0.407 e. The molecule has 1 unspecified atom stereocenters. The van der Waals surface area contributed by atoms with Crippen molar-refractivity contribution in [3.63, 3.8) is 0 Å². The van der Waals surface area contributed by atoms with E-state index in [1.54, 1.807) is 0 Å². The molecule has 178 valence electrons. The lowest BCUT2D eigenvalue weighted by molar-refractivity contribution is -0.145. The number of fused-ring (bicyclic) bond motifs is 3. The molecule has 2 aromatic carbocycles. The molecular weight excluding hydrogens is 438 g/mol. The van der Waals surface area contributed by atoms with Gasteiger partial charge in [-0.15, -0.1) is 0 Å². The number of carbonyl (C=O) groups is 4. The first-order valence-corrected chi connectivity index (χ1v) is 11.3. The van der Waals surface area contributed by atoms with E-state index in [1.807, 2.05) is 48.5 Å². The van der Waals surface area contributed by atoms with Gasteiger partial charge in [0.25, 0.3) is 0 Å². The van der Waals surface area contributed by atoms with E-state index in [9.17, 15) is 19.2 Å². The standard InChI is InChI=1S/C25H27N3O6/c29-22(26-13-23(30)28-11-5-6-16(14-28)24(31)32)12-27-25(33)34-15-21-19-9-3-1-7-17(19)18-8-2-4-10-20(18)21/h1-4,7-10,16,21H,5-6,11-15H2,(H,26,29)(H,27,33)(H,31,32). The van der Waals surface area contributed by atoms with Gasteiger partial charge < -0.3 is 25.4 Å². The van der Waals surface area contributed by atoms with Crippen molar-refractivity contribution in [3.05, 3.63) is 59.7 Å². The number of nitrogens with zero attached hydrogens (tertiary/aromatic N) is 1. The molecule has 1 atom stereocenters. The molecule has 1 aliphatic carbocycles. The Morgan fingerprint density at radius 2 is 1.59 bits per heavy atom. The summed E-state index contributed by atoms with van der Waals surface area (Å²) in [6.07, 6.45) is 0.430. The second kappa shape index (κ2) is 10.4. The fourth-order valence-corrected chi connectivity index (χ4v) is 4.56. The van der Waals surface area contributed by atoms with Crippen LogP contribution in [0.15, 0.2) is 48.5 Å². The Bertz CT molecular complexity index is 1060. The molecule has 2 aromatic rings. The Kier molecular flexibility index (Phi) is 7.10. The van der Waals surface area contributed by atoms with Crippen molar-refractivity contribution in [2.75, 3.05) is 32.8 Å². The van der Waals surface area contributed by atoms with Crippen LogP contribution in [0.1, 0.15) is 29.9 Å². The molecule has 0 radical (unpaired) electrons. The lowest BCUT2D eigenvalue weighted by atomic mass is 9.98. The quantitative estimate of drug-likeness (QED) is 0.574. The molecule has 3 amide bonds. The van der Waals surface area contributed by atoms with Crippen molar-refractivity contribution in [1.82, 2.24) is 15.5 Å². The highest BCUT2D eigenvalue weighted by atomic mass is 16.5. The zero-order valence-electron chi connectivity index (χ0n) is 18.7. The van der Waals surface area contributed by atoms with Gasteiger partial charge in [0.05, 0.1) is 12.5 Å². The summed E-state index contributed by atoms with van der Waals surface area (Å²) in [5.74, 6) is -2.46. The second-order valence-electron chi connectivity index (χ2n) is 8.47. The van der Waals surface area contributed by atoms with Crippen molar-refractivity contribution in [2.45, 2.75) is 18.8 Å². The Morgan fingerprint density at radius 3 is 2.24 bits per heavy atom. The number of likely N-dealkylation sites (tertiary alicyclic amines) is 1. The largest absolute Gasteiger partial charge is 0.481 e. The van der Waals surface area contributed by atoms with E-state index in [1.165, 1.54) is 4.90 Å². The van der Waals surface area contributed by atoms with Crippen LogP contribution in [0.25, 0.3) is 11.1 Å². The summed E-state index contributed by atoms with van der Waals surface area (Å²) < 4.78 is 5.38. The van der Waals surface area contributed by atoms with Crippen LogP contribution in [0.2, 0.25) is 0 Å². The monoisotopic (exact) mass is 465 g/mol. The van der Waals surface area contributed by atoms with Crippen LogP contribution in [-0.4, -0.2) is 66.7 Å². The van der Waals surface area contributed by atoms with E-state index < -0.39 is 23.9 Å². The predicted octanol–water partition coefficient (Wildman–Crippen LogP) is 1.96. The molecule has 0 spiro atoms. The van der Waals surface area contributed by atoms with E-state index in [4.69, 9.17) is 9.84 Å². The fourth-order valence-electron chi connectivity index (χ4n) is 4.56. The molecule has 0 saturated carbocycles. The predicted molar refractivity (Wildman–Crippen MR) is 123 cm³/mol. The summed E-state index contributed by atoms with van der Waals surface area (Å²) in [7, 11) is 0. The molecule has 2 aliphatic rings. The highest BCUT2D eigenvalue weighted by Crippen LogP contribution is 2.44. The summed E-state index contributed by atoms with van der Waals surface area (Å²) in [5, 5.41) is 14.0. The van der Waals surface area contributed by atoms with Crippen LogP contribution in [0.5, 0.6) is 0 Å². The molecule has 4 rings (SSSR count). The fraction of sp³-hybridized carbons (Fsp3) is 0.360. The number of amides is 3. The lowest BCUT2D eigenvalue weighted by Crippen LogP contribution is -2.47. The van der Waals surface area contributed by atoms with E-state index in [0.29, 0.717) is 19.4 Å². The number of nitrogens with one attached hydrogen (secondary N) is 2. The van der Waals surface area contributed by atoms with E-state index in [-0.39, 0.29) is 38.1 Å². The molecule has 1 saturated heterocycles. The van der Waals surface area contributed by atoms with Crippen LogP contribution in [-0.2, 0) is 19.1 Å². The van der Waals surface area contributed by atoms with Crippen molar-refractivity contribution < 1.29 is 29.0 Å². The molecule has 34 heavy (non-hydrogen) atoms. The minimum absolute atomic E-state index is 0.0798. The average Bonchev–Trinajstić information content (AvgIpc) is 3.18. The molecule has 0 bridgehead atoms. The van der Waals surface area contributed by atoms with Crippen LogP contribution in [0.3, 0.4) is 0 Å². The highest BCUT2D eigenvalue weighted by Gasteiger charge is 2.30. The Balaban J connectivity index is 1.21. The number of hydrogen-bond donors (Lipinski definition) is 3. The summed E-state index contributed by atoms with van der Waals surface area (Å²) in [5.41, 5.74) is 4.44. The number of benzene rings is 2. The van der Waals surface area contributed by atoms with E-state index in [2.05, 4.69) is 10.6 Å². The van der Waals surface area contributed by atoms with Crippen molar-refractivity contribution in [1.29, 1.82) is 0 Å². The van der Waals surface area contributed by atoms with Gasteiger partial charge in [-0.2, -0.15) is 0 Å². The third-order valence-corrected chi connectivity index (χ3v) is 6.30. The third-order valence-electron chi connectivity index (χ3n) is 6.30. The summed E-state index contributed by atoms with van der Waals surface area (Å²) >= 11 is 0. The maximum absolute atomic E-state index is 12.3. The van der Waals surface area contributed by atoms with Gasteiger partial charge in [-0.3, -0.25) is 14.4 Å². The number of carboxylic acids is 1. The summed E-state index contributed by atoms with van der Waals surface area (Å²) in [4.78, 5) is 49.1. The van der Waals surface area contributed by atoms with Crippen LogP contribution in [0, 0.1) is 5.92 Å². The van der Waals surface area contributed by atoms with Crippen LogP contribution in [0.4, 0.5) is 4.79 Å². The Labute approximate surface area is 197 Å². The molecule has 0 aromatic heterocycles. The van der Waals surface area contributed by atoms with Gasteiger partial charge in [0.2, 0.25) is 11.8 Å². The first kappa shape index (κ1) is 23.3. The van der Waals surface area contributed by atoms with Crippen LogP contribution >= 0.6 is 0 Å². The Hall–Kier alpha value is -3.88. The maximum atomic E-state index is 12.3. The number of hydrogen-bond acceptors (Lipinski definition) is 5. The van der Waals surface area contributed by atoms with Gasteiger partial charge in [0.15, 0.2) is 0 Å². The van der Waals surface area contributed by atoms with Gasteiger partial charge in [0, 0.05) is 19.0 Å². The maximum Gasteiger partial charge on any atom is 0.407 e. The van der Waals surface area contributed by atoms with E-state index in [0.717, 1.165) is 22.3 Å². The topological polar surface area (TPSA) is 125 Å². The number of ether oxygens (including phenoxy) is 1. The SMILES string of the molecule is O=C(CNC(=O)OCC1c2ccccc2-c2ccccc21)NCC(=O)N1CCCC(C(=O)O)C1. The van der Waals surface area contributed by atoms with E-state index >= 15 is 0 Å². The normalized spacial score (nSPS) is 16.8. The van der Waals surface area contributed by atoms with Gasteiger partial charge in [-0.25, -0.2) is 4.79 Å². The van der Waals surface area contributed by atoms with Gasteiger partial charge in [0.1, 0.15) is 13.2 Å². The molecule has 9 nitrogen and oxygen atoms in total. The van der Waals surface area contributed by atoms with Gasteiger partial charge in [-0.1, -0.05) is 48.5 Å². The third kappa shape index (κ3) is 5.19. The number of aliphatic carboxylic acids is 1.